The Labute approximate surface area is 167 Å². The first-order valence-corrected chi connectivity index (χ1v) is 9.76. The number of hydrogen-bond acceptors (Lipinski definition) is 6. The zero-order chi connectivity index (χ0) is 19.8. The third-order valence-corrected chi connectivity index (χ3v) is 4.83. The molecule has 3 aromatic rings. The lowest BCUT2D eigenvalue weighted by Gasteiger charge is -2.09. The summed E-state index contributed by atoms with van der Waals surface area (Å²) >= 11 is 1.49. The van der Waals surface area contributed by atoms with Crippen LogP contribution in [0.3, 0.4) is 0 Å². The topological polar surface area (TPSA) is 89.1 Å². The van der Waals surface area contributed by atoms with E-state index in [4.69, 9.17) is 9.47 Å². The number of ether oxygens (including phenoxy) is 2. The van der Waals surface area contributed by atoms with E-state index in [2.05, 4.69) is 20.5 Å². The molecule has 2 aromatic carbocycles. The fourth-order valence-electron chi connectivity index (χ4n) is 2.61. The Hall–Kier alpha value is -3.00. The number of nitrogens with one attached hydrogen (secondary N) is 2. The molecule has 0 spiro atoms. The van der Waals surface area contributed by atoms with Gasteiger partial charge in [-0.25, -0.2) is 4.98 Å². The van der Waals surface area contributed by atoms with Gasteiger partial charge in [0, 0.05) is 17.9 Å². The molecule has 0 fully saturated rings. The van der Waals surface area contributed by atoms with Crippen LogP contribution >= 0.6 is 11.8 Å². The van der Waals surface area contributed by atoms with E-state index in [0.717, 1.165) is 17.0 Å². The van der Waals surface area contributed by atoms with Gasteiger partial charge < -0.3 is 14.8 Å². The van der Waals surface area contributed by atoms with Gasteiger partial charge >= 0.3 is 0 Å². The monoisotopic (exact) mass is 398 g/mol. The van der Waals surface area contributed by atoms with Gasteiger partial charge in [-0.15, -0.1) is 5.10 Å². The minimum Gasteiger partial charge on any atom is -0.493 e. The highest BCUT2D eigenvalue weighted by Crippen LogP contribution is 2.27. The molecule has 146 valence electrons. The predicted molar refractivity (Wildman–Crippen MR) is 109 cm³/mol. The molecular formula is C20H22N4O3S. The quantitative estimate of drug-likeness (QED) is 0.426. The van der Waals surface area contributed by atoms with E-state index >= 15 is 0 Å². The summed E-state index contributed by atoms with van der Waals surface area (Å²) in [5.41, 5.74) is 1.86. The Morgan fingerprint density at radius 1 is 1.11 bits per heavy atom. The number of methoxy groups -OCH3 is 2. The normalized spacial score (nSPS) is 10.5. The molecule has 0 saturated carbocycles. The van der Waals surface area contributed by atoms with Crippen molar-refractivity contribution < 1.29 is 14.3 Å². The summed E-state index contributed by atoms with van der Waals surface area (Å²) in [5.74, 6) is 2.63. The maximum Gasteiger partial charge on any atom is 0.224 e. The summed E-state index contributed by atoms with van der Waals surface area (Å²) in [6, 6.07) is 15.3. The Kier molecular flexibility index (Phi) is 6.91. The molecule has 0 bridgehead atoms. The van der Waals surface area contributed by atoms with Gasteiger partial charge in [-0.05, 0) is 17.7 Å². The van der Waals surface area contributed by atoms with Crippen molar-refractivity contribution in [1.29, 1.82) is 0 Å². The number of aromatic amines is 1. The lowest BCUT2D eigenvalue weighted by atomic mass is 10.1. The van der Waals surface area contributed by atoms with Gasteiger partial charge in [0.05, 0.1) is 20.6 Å². The highest BCUT2D eigenvalue weighted by atomic mass is 32.2. The lowest BCUT2D eigenvalue weighted by Crippen LogP contribution is -2.27. The summed E-state index contributed by atoms with van der Waals surface area (Å²) in [5, 5.41) is 10.7. The average Bonchev–Trinajstić information content (AvgIpc) is 3.21. The summed E-state index contributed by atoms with van der Waals surface area (Å²) in [6.45, 7) is 0.534. The fourth-order valence-corrected chi connectivity index (χ4v) is 3.26. The Bertz CT molecular complexity index is 915. The van der Waals surface area contributed by atoms with Crippen molar-refractivity contribution in [2.75, 3.05) is 26.5 Å². The van der Waals surface area contributed by atoms with Crippen LogP contribution in [0.1, 0.15) is 5.56 Å². The van der Waals surface area contributed by atoms with Crippen LogP contribution in [0.25, 0.3) is 11.4 Å². The van der Waals surface area contributed by atoms with E-state index in [1.165, 1.54) is 11.8 Å². The predicted octanol–water partition coefficient (Wildman–Crippen LogP) is 2.94. The van der Waals surface area contributed by atoms with Crippen molar-refractivity contribution >= 4 is 17.7 Å². The number of hydrogen-bond donors (Lipinski definition) is 2. The number of nitrogens with zero attached hydrogens (tertiary/aromatic N) is 2. The van der Waals surface area contributed by atoms with E-state index in [9.17, 15) is 4.79 Å². The Morgan fingerprint density at radius 3 is 2.64 bits per heavy atom. The first-order valence-electron chi connectivity index (χ1n) is 8.78. The molecule has 0 unspecified atom stereocenters. The fraction of sp³-hybridized carbons (Fsp3) is 0.250. The largest absolute Gasteiger partial charge is 0.493 e. The second-order valence-electron chi connectivity index (χ2n) is 5.90. The first kappa shape index (κ1) is 19.8. The Balaban J connectivity index is 1.43. The molecule has 0 saturated heterocycles. The van der Waals surface area contributed by atoms with Gasteiger partial charge in [-0.2, -0.15) is 0 Å². The van der Waals surface area contributed by atoms with Crippen molar-refractivity contribution in [3.05, 3.63) is 54.1 Å². The van der Waals surface area contributed by atoms with E-state index in [0.29, 0.717) is 29.0 Å². The van der Waals surface area contributed by atoms with Crippen LogP contribution in [-0.2, 0) is 11.2 Å². The summed E-state index contributed by atoms with van der Waals surface area (Å²) in [7, 11) is 3.16. The molecule has 0 atom stereocenters. The molecule has 2 N–H and O–H groups in total. The molecule has 0 aliphatic heterocycles. The number of rotatable bonds is 9. The van der Waals surface area contributed by atoms with Crippen molar-refractivity contribution in [1.82, 2.24) is 20.5 Å². The maximum atomic E-state index is 12.1. The van der Waals surface area contributed by atoms with Gasteiger partial charge in [0.15, 0.2) is 17.3 Å². The standard InChI is InChI=1S/C20H22N4O3S/c1-26-16-9-8-14(12-17(16)27-2)13-18(25)21-10-11-28-20-22-19(23-24-20)15-6-4-3-5-7-15/h3-9,12H,10-11,13H2,1-2H3,(H,21,25)(H,22,23,24). The van der Waals surface area contributed by atoms with Crippen LogP contribution in [0.15, 0.2) is 53.7 Å². The van der Waals surface area contributed by atoms with Crippen LogP contribution in [0, 0.1) is 0 Å². The number of H-pyrrole nitrogens is 1. The van der Waals surface area contributed by atoms with Crippen LogP contribution < -0.4 is 14.8 Å². The second-order valence-corrected chi connectivity index (χ2v) is 6.96. The lowest BCUT2D eigenvalue weighted by molar-refractivity contribution is -0.120. The third-order valence-electron chi connectivity index (χ3n) is 3.98. The minimum atomic E-state index is -0.0484. The molecule has 3 rings (SSSR count). The highest BCUT2D eigenvalue weighted by Gasteiger charge is 2.09. The second kappa shape index (κ2) is 9.80. The summed E-state index contributed by atoms with van der Waals surface area (Å²) in [4.78, 5) is 16.6. The first-order chi connectivity index (χ1) is 13.7. The van der Waals surface area contributed by atoms with Gasteiger partial charge in [0.25, 0.3) is 0 Å². The van der Waals surface area contributed by atoms with Crippen LogP contribution in [0.5, 0.6) is 11.5 Å². The van der Waals surface area contributed by atoms with Crippen LogP contribution in [0.2, 0.25) is 0 Å². The van der Waals surface area contributed by atoms with Crippen molar-refractivity contribution in [2.24, 2.45) is 0 Å². The Morgan fingerprint density at radius 2 is 1.89 bits per heavy atom. The average molecular weight is 398 g/mol. The molecule has 0 radical (unpaired) electrons. The number of carbonyl (C=O) groups is 1. The number of amides is 1. The smallest absolute Gasteiger partial charge is 0.224 e. The number of aromatic nitrogens is 3. The summed E-state index contributed by atoms with van der Waals surface area (Å²) in [6.07, 6.45) is 0.282. The van der Waals surface area contributed by atoms with E-state index < -0.39 is 0 Å². The van der Waals surface area contributed by atoms with Gasteiger partial charge in [-0.3, -0.25) is 9.89 Å². The zero-order valence-corrected chi connectivity index (χ0v) is 16.6. The zero-order valence-electron chi connectivity index (χ0n) is 15.8. The number of carbonyl (C=O) groups excluding carboxylic acids is 1. The van der Waals surface area contributed by atoms with E-state index in [1.54, 1.807) is 20.3 Å². The molecular weight excluding hydrogens is 376 g/mol. The molecule has 7 nitrogen and oxygen atoms in total. The van der Waals surface area contributed by atoms with Crippen molar-refractivity contribution in [3.8, 4) is 22.9 Å². The van der Waals surface area contributed by atoms with Crippen molar-refractivity contribution in [3.63, 3.8) is 0 Å². The molecule has 28 heavy (non-hydrogen) atoms. The van der Waals surface area contributed by atoms with Gasteiger partial charge in [-0.1, -0.05) is 48.2 Å². The van der Waals surface area contributed by atoms with Crippen molar-refractivity contribution in [2.45, 2.75) is 11.6 Å². The molecule has 8 heteroatoms. The third kappa shape index (κ3) is 5.26. The van der Waals surface area contributed by atoms with Crippen LogP contribution in [-0.4, -0.2) is 47.6 Å². The van der Waals surface area contributed by atoms with E-state index in [-0.39, 0.29) is 12.3 Å². The SMILES string of the molecule is COc1ccc(CC(=O)NCCSc2n[nH]c(-c3ccccc3)n2)cc1OC. The maximum absolute atomic E-state index is 12.1. The highest BCUT2D eigenvalue weighted by molar-refractivity contribution is 7.99. The molecule has 1 heterocycles. The minimum absolute atomic E-state index is 0.0484. The van der Waals surface area contributed by atoms with Gasteiger partial charge in [0.2, 0.25) is 11.1 Å². The number of thioether (sulfide) groups is 1. The molecule has 0 aliphatic rings. The van der Waals surface area contributed by atoms with E-state index in [1.807, 2.05) is 42.5 Å². The summed E-state index contributed by atoms with van der Waals surface area (Å²) < 4.78 is 10.5. The van der Waals surface area contributed by atoms with Gasteiger partial charge in [0.1, 0.15) is 0 Å². The van der Waals surface area contributed by atoms with Crippen LogP contribution in [0.4, 0.5) is 0 Å². The molecule has 0 aliphatic carbocycles. The molecule has 1 aromatic heterocycles. The number of benzene rings is 2. The molecule has 1 amide bonds.